The third-order valence-electron chi connectivity index (χ3n) is 4.38. The first kappa shape index (κ1) is 11.2. The summed E-state index contributed by atoms with van der Waals surface area (Å²) in [6.45, 7) is 2.28. The Kier molecular flexibility index (Phi) is 3.82. The summed E-state index contributed by atoms with van der Waals surface area (Å²) >= 11 is 0. The summed E-state index contributed by atoms with van der Waals surface area (Å²) in [6, 6.07) is 0. The molecule has 0 N–H and O–H groups in total. The van der Waals surface area contributed by atoms with Crippen molar-refractivity contribution in [2.75, 3.05) is 0 Å². The van der Waals surface area contributed by atoms with Crippen LogP contribution in [0.2, 0.25) is 0 Å². The Bertz CT molecular complexity index is 209. The monoisotopic (exact) mass is 208 g/mol. The van der Waals surface area contributed by atoms with Crippen molar-refractivity contribution in [1.29, 1.82) is 0 Å². The second kappa shape index (κ2) is 5.14. The molecule has 0 atom stereocenters. The molecule has 0 amide bonds. The van der Waals surface area contributed by atoms with E-state index in [4.69, 9.17) is 0 Å². The standard InChI is InChI=1S/C14H24O/c1-2-11-5-8-13(9-6-11)14(15)10-7-12-3-4-12/h11-13H,2-10H2,1H3. The predicted octanol–water partition coefficient (Wildman–Crippen LogP) is 3.96. The first-order chi connectivity index (χ1) is 7.29. The van der Waals surface area contributed by atoms with Crippen molar-refractivity contribution in [2.24, 2.45) is 17.8 Å². The van der Waals surface area contributed by atoms with E-state index < -0.39 is 0 Å². The Labute approximate surface area is 93.6 Å². The fourth-order valence-electron chi connectivity index (χ4n) is 2.85. The minimum atomic E-state index is 0.437. The Morgan fingerprint density at radius 1 is 1.00 bits per heavy atom. The first-order valence-electron chi connectivity index (χ1n) is 6.82. The van der Waals surface area contributed by atoms with Crippen molar-refractivity contribution in [3.63, 3.8) is 0 Å². The van der Waals surface area contributed by atoms with Crippen LogP contribution in [0.4, 0.5) is 0 Å². The second-order valence-corrected chi connectivity index (χ2v) is 5.57. The molecule has 2 aliphatic carbocycles. The summed E-state index contributed by atoms with van der Waals surface area (Å²) in [7, 11) is 0. The van der Waals surface area contributed by atoms with Gasteiger partial charge in [-0.3, -0.25) is 4.79 Å². The third-order valence-corrected chi connectivity index (χ3v) is 4.38. The fourth-order valence-corrected chi connectivity index (χ4v) is 2.85. The van der Waals surface area contributed by atoms with E-state index >= 15 is 0 Å². The van der Waals surface area contributed by atoms with E-state index in [2.05, 4.69) is 6.92 Å². The molecule has 2 fully saturated rings. The van der Waals surface area contributed by atoms with E-state index in [1.54, 1.807) is 0 Å². The number of carbonyl (C=O) groups is 1. The van der Waals surface area contributed by atoms with Crippen molar-refractivity contribution in [3.8, 4) is 0 Å². The van der Waals surface area contributed by atoms with Crippen LogP contribution in [0, 0.1) is 17.8 Å². The molecule has 1 nitrogen and oxygen atoms in total. The van der Waals surface area contributed by atoms with Crippen molar-refractivity contribution in [2.45, 2.75) is 64.7 Å². The van der Waals surface area contributed by atoms with Gasteiger partial charge in [-0.05, 0) is 43.9 Å². The predicted molar refractivity (Wildman–Crippen MR) is 62.7 cm³/mol. The van der Waals surface area contributed by atoms with E-state index in [9.17, 15) is 4.79 Å². The molecule has 2 rings (SSSR count). The molecule has 0 aliphatic heterocycles. The number of hydrogen-bond acceptors (Lipinski definition) is 1. The lowest BCUT2D eigenvalue weighted by Gasteiger charge is -2.26. The van der Waals surface area contributed by atoms with Gasteiger partial charge in [0.2, 0.25) is 0 Å². The van der Waals surface area contributed by atoms with E-state index in [0.717, 1.165) is 18.3 Å². The van der Waals surface area contributed by atoms with Crippen LogP contribution in [0.3, 0.4) is 0 Å². The maximum absolute atomic E-state index is 11.9. The topological polar surface area (TPSA) is 17.1 Å². The molecule has 0 aromatic heterocycles. The average Bonchev–Trinajstić information content (AvgIpc) is 3.10. The summed E-state index contributed by atoms with van der Waals surface area (Å²) in [6.07, 6.45) is 11.1. The highest BCUT2D eigenvalue weighted by atomic mass is 16.1. The zero-order valence-corrected chi connectivity index (χ0v) is 10.0. The van der Waals surface area contributed by atoms with E-state index in [-0.39, 0.29) is 0 Å². The molecule has 2 aliphatic rings. The van der Waals surface area contributed by atoms with Gasteiger partial charge in [0.15, 0.2) is 0 Å². The largest absolute Gasteiger partial charge is 0.299 e. The molecule has 0 heterocycles. The second-order valence-electron chi connectivity index (χ2n) is 5.57. The number of ketones is 1. The van der Waals surface area contributed by atoms with E-state index in [1.165, 1.54) is 51.4 Å². The van der Waals surface area contributed by atoms with Gasteiger partial charge in [-0.1, -0.05) is 26.2 Å². The van der Waals surface area contributed by atoms with Crippen LogP contribution >= 0.6 is 0 Å². The van der Waals surface area contributed by atoms with Crippen LogP contribution in [0.15, 0.2) is 0 Å². The Morgan fingerprint density at radius 2 is 1.60 bits per heavy atom. The summed E-state index contributed by atoms with van der Waals surface area (Å²) in [4.78, 5) is 11.9. The summed E-state index contributed by atoms with van der Waals surface area (Å²) in [5, 5.41) is 0. The lowest BCUT2D eigenvalue weighted by atomic mass is 9.78. The van der Waals surface area contributed by atoms with Crippen LogP contribution in [-0.4, -0.2) is 5.78 Å². The zero-order chi connectivity index (χ0) is 10.7. The normalized spacial score (nSPS) is 31.5. The van der Waals surface area contributed by atoms with Crippen LogP contribution in [0.1, 0.15) is 64.7 Å². The maximum Gasteiger partial charge on any atom is 0.135 e. The zero-order valence-electron chi connectivity index (χ0n) is 10.0. The fraction of sp³-hybridized carbons (Fsp3) is 0.929. The molecule has 0 aromatic rings. The van der Waals surface area contributed by atoms with Crippen molar-refractivity contribution < 1.29 is 4.79 Å². The van der Waals surface area contributed by atoms with Gasteiger partial charge in [-0.2, -0.15) is 0 Å². The van der Waals surface area contributed by atoms with Gasteiger partial charge in [0, 0.05) is 12.3 Å². The molecule has 2 saturated carbocycles. The highest BCUT2D eigenvalue weighted by Gasteiger charge is 2.27. The summed E-state index contributed by atoms with van der Waals surface area (Å²) < 4.78 is 0. The van der Waals surface area contributed by atoms with Crippen molar-refractivity contribution >= 4 is 5.78 Å². The van der Waals surface area contributed by atoms with Crippen LogP contribution < -0.4 is 0 Å². The van der Waals surface area contributed by atoms with Gasteiger partial charge < -0.3 is 0 Å². The SMILES string of the molecule is CCC1CCC(C(=O)CCC2CC2)CC1. The van der Waals surface area contributed by atoms with Crippen LogP contribution in [-0.2, 0) is 4.79 Å². The van der Waals surface area contributed by atoms with E-state index in [0.29, 0.717) is 11.7 Å². The van der Waals surface area contributed by atoms with Gasteiger partial charge in [0.1, 0.15) is 5.78 Å². The van der Waals surface area contributed by atoms with Crippen LogP contribution in [0.5, 0.6) is 0 Å². The molecule has 0 spiro atoms. The Balaban J connectivity index is 1.66. The smallest absolute Gasteiger partial charge is 0.135 e. The Morgan fingerprint density at radius 3 is 2.13 bits per heavy atom. The molecular weight excluding hydrogens is 184 g/mol. The highest BCUT2D eigenvalue weighted by molar-refractivity contribution is 5.81. The molecule has 0 aromatic carbocycles. The number of hydrogen-bond donors (Lipinski definition) is 0. The lowest BCUT2D eigenvalue weighted by molar-refractivity contribution is -0.124. The number of rotatable bonds is 5. The summed E-state index contributed by atoms with van der Waals surface area (Å²) in [5.74, 6) is 2.85. The molecular formula is C14H24O. The van der Waals surface area contributed by atoms with Gasteiger partial charge in [-0.25, -0.2) is 0 Å². The maximum atomic E-state index is 11.9. The van der Waals surface area contributed by atoms with Gasteiger partial charge in [0.05, 0.1) is 0 Å². The molecule has 0 bridgehead atoms. The average molecular weight is 208 g/mol. The molecule has 0 radical (unpaired) electrons. The number of carbonyl (C=O) groups excluding carboxylic acids is 1. The molecule has 15 heavy (non-hydrogen) atoms. The summed E-state index contributed by atoms with van der Waals surface area (Å²) in [5.41, 5.74) is 0. The first-order valence-corrected chi connectivity index (χ1v) is 6.82. The minimum Gasteiger partial charge on any atom is -0.299 e. The molecule has 1 heteroatoms. The van der Waals surface area contributed by atoms with Crippen molar-refractivity contribution in [3.05, 3.63) is 0 Å². The van der Waals surface area contributed by atoms with Gasteiger partial charge in [0.25, 0.3) is 0 Å². The minimum absolute atomic E-state index is 0.437. The van der Waals surface area contributed by atoms with Crippen molar-refractivity contribution in [1.82, 2.24) is 0 Å². The highest BCUT2D eigenvalue weighted by Crippen LogP contribution is 2.36. The van der Waals surface area contributed by atoms with Gasteiger partial charge in [-0.15, -0.1) is 0 Å². The molecule has 86 valence electrons. The number of Topliss-reactive ketones (excluding diaryl/α,β-unsaturated/α-hetero) is 1. The van der Waals surface area contributed by atoms with E-state index in [1.807, 2.05) is 0 Å². The quantitative estimate of drug-likeness (QED) is 0.668. The molecule has 0 saturated heterocycles. The van der Waals surface area contributed by atoms with Crippen LogP contribution in [0.25, 0.3) is 0 Å². The van der Waals surface area contributed by atoms with Gasteiger partial charge >= 0.3 is 0 Å². The molecule has 0 unspecified atom stereocenters. The third kappa shape index (κ3) is 3.32. The Hall–Kier alpha value is -0.330. The lowest BCUT2D eigenvalue weighted by Crippen LogP contribution is -2.21.